The highest BCUT2D eigenvalue weighted by molar-refractivity contribution is 7.91. The summed E-state index contributed by atoms with van der Waals surface area (Å²) >= 11 is 0. The van der Waals surface area contributed by atoms with Crippen molar-refractivity contribution in [2.24, 2.45) is 29.1 Å². The number of aryl methyl sites for hydroxylation is 1. The maximum atomic E-state index is 14.4. The molecule has 4 aliphatic rings. The van der Waals surface area contributed by atoms with Gasteiger partial charge in [-0.3, -0.25) is 19.2 Å². The summed E-state index contributed by atoms with van der Waals surface area (Å²) in [4.78, 5) is 69.5. The van der Waals surface area contributed by atoms with E-state index in [9.17, 15) is 32.4 Å². The van der Waals surface area contributed by atoms with Gasteiger partial charge in [-0.2, -0.15) is 0 Å². The van der Waals surface area contributed by atoms with Crippen LogP contribution in [-0.4, -0.2) is 79.1 Å². The summed E-state index contributed by atoms with van der Waals surface area (Å²) in [5, 5.41) is 7.90. The molecule has 1 aromatic rings. The molecule has 1 aliphatic heterocycles. The minimum absolute atomic E-state index is 0.0222. The van der Waals surface area contributed by atoms with Gasteiger partial charge in [-0.25, -0.2) is 13.2 Å². The van der Waals surface area contributed by atoms with Gasteiger partial charge < -0.3 is 25.6 Å². The lowest BCUT2D eigenvalue weighted by molar-refractivity contribution is -0.145. The molecule has 5 atom stereocenters. The summed E-state index contributed by atoms with van der Waals surface area (Å²) in [7, 11) is -3.90. The molecule has 1 saturated heterocycles. The summed E-state index contributed by atoms with van der Waals surface area (Å²) in [6.45, 7) is 11.5. The number of nitrogens with one attached hydrogen (secondary N) is 3. The van der Waals surface area contributed by atoms with Gasteiger partial charge in [0.1, 0.15) is 23.6 Å². The smallest absolute Gasteiger partial charge is 0.408 e. The summed E-state index contributed by atoms with van der Waals surface area (Å²) in [6.07, 6.45) is 5.72. The fourth-order valence-corrected chi connectivity index (χ4v) is 8.72. The quantitative estimate of drug-likeness (QED) is 0.278. The number of fused-ring (bicyclic) bond motifs is 1. The second-order valence-electron chi connectivity index (χ2n) is 16.1. The van der Waals surface area contributed by atoms with Crippen LogP contribution in [0.5, 0.6) is 0 Å². The zero-order valence-corrected chi connectivity index (χ0v) is 30.4. The topological polar surface area (TPSA) is 168 Å². The van der Waals surface area contributed by atoms with Crippen molar-refractivity contribution in [2.45, 2.75) is 122 Å². The fraction of sp³-hybridized carbons (Fsp3) is 0.694. The first kappa shape index (κ1) is 36.8. The molecule has 5 rings (SSSR count). The predicted molar refractivity (Wildman–Crippen MR) is 182 cm³/mol. The van der Waals surface area contributed by atoms with Crippen LogP contribution in [0.1, 0.15) is 91.5 Å². The molecule has 13 heteroatoms. The van der Waals surface area contributed by atoms with Gasteiger partial charge in [0.25, 0.3) is 5.91 Å². The third-order valence-corrected chi connectivity index (χ3v) is 12.3. The number of ether oxygens (including phenoxy) is 1. The van der Waals surface area contributed by atoms with Crippen LogP contribution >= 0.6 is 0 Å². The van der Waals surface area contributed by atoms with Gasteiger partial charge in [0.15, 0.2) is 9.84 Å². The molecule has 0 aromatic heterocycles. The first-order valence-electron chi connectivity index (χ1n) is 17.6. The number of rotatable bonds is 12. The van der Waals surface area contributed by atoms with Crippen molar-refractivity contribution in [1.82, 2.24) is 20.9 Å². The number of sulfone groups is 1. The Balaban J connectivity index is 1.31. The Hall–Kier alpha value is -3.48. The van der Waals surface area contributed by atoms with Crippen LogP contribution in [0.25, 0.3) is 0 Å². The molecule has 4 fully saturated rings. The highest BCUT2D eigenvalue weighted by Gasteiger charge is 2.69. The maximum Gasteiger partial charge on any atom is 0.408 e. The minimum Gasteiger partial charge on any atom is -0.444 e. The van der Waals surface area contributed by atoms with Crippen molar-refractivity contribution in [3.05, 3.63) is 29.8 Å². The van der Waals surface area contributed by atoms with Crippen molar-refractivity contribution in [3.8, 4) is 0 Å². The van der Waals surface area contributed by atoms with E-state index < -0.39 is 63.1 Å². The molecule has 49 heavy (non-hydrogen) atoms. The lowest BCUT2D eigenvalue weighted by atomic mass is 9.83. The van der Waals surface area contributed by atoms with Crippen molar-refractivity contribution >= 4 is 39.4 Å². The maximum absolute atomic E-state index is 14.4. The van der Waals surface area contributed by atoms with E-state index in [2.05, 4.69) is 29.8 Å². The number of carbonyl (C=O) groups excluding carboxylic acids is 5. The van der Waals surface area contributed by atoms with E-state index in [1.54, 1.807) is 37.8 Å². The molecule has 1 heterocycles. The number of benzene rings is 1. The van der Waals surface area contributed by atoms with Gasteiger partial charge >= 0.3 is 6.09 Å². The van der Waals surface area contributed by atoms with E-state index >= 15 is 0 Å². The van der Waals surface area contributed by atoms with Crippen molar-refractivity contribution < 1.29 is 37.1 Å². The lowest BCUT2D eigenvalue weighted by Gasteiger charge is -2.37. The van der Waals surface area contributed by atoms with E-state index in [0.717, 1.165) is 50.5 Å². The Morgan fingerprint density at radius 1 is 0.959 bits per heavy atom. The SMILES string of the molecule is Cc1ccc(S(=O)(=O)CNC(=O)C(=O)[C@H](CC2CC2)NC(=O)[C@@H]2[C@@H]3[C@H](CN2C(=O)[C@@H](NC(=O)OC(C)(C)C)C2CCCCC2)C3(C)C)cc1. The first-order valence-corrected chi connectivity index (χ1v) is 19.3. The third-order valence-electron chi connectivity index (χ3n) is 10.7. The van der Waals surface area contributed by atoms with Gasteiger partial charge in [-0.05, 0) is 88.2 Å². The number of hydrogen-bond acceptors (Lipinski definition) is 8. The largest absolute Gasteiger partial charge is 0.444 e. The number of piperidine rings is 1. The molecule has 270 valence electrons. The fourth-order valence-electron chi connectivity index (χ4n) is 7.69. The number of nitrogens with zero attached hydrogens (tertiary/aromatic N) is 1. The normalized spacial score (nSPS) is 24.6. The Morgan fingerprint density at radius 3 is 2.18 bits per heavy atom. The number of alkyl carbamates (subject to hydrolysis) is 1. The summed E-state index contributed by atoms with van der Waals surface area (Å²) in [5.74, 6) is -3.69. The molecule has 0 unspecified atom stereocenters. The van der Waals surface area contributed by atoms with Crippen LogP contribution in [0.2, 0.25) is 0 Å². The van der Waals surface area contributed by atoms with E-state index in [-0.39, 0.29) is 46.3 Å². The van der Waals surface area contributed by atoms with Crippen molar-refractivity contribution in [2.75, 3.05) is 12.4 Å². The zero-order chi connectivity index (χ0) is 35.9. The Labute approximate surface area is 289 Å². The van der Waals surface area contributed by atoms with Gasteiger partial charge in [0.2, 0.25) is 17.6 Å². The van der Waals surface area contributed by atoms with Crippen LogP contribution in [0.3, 0.4) is 0 Å². The number of hydrogen-bond donors (Lipinski definition) is 3. The van der Waals surface area contributed by atoms with Crippen LogP contribution in [0.15, 0.2) is 29.2 Å². The van der Waals surface area contributed by atoms with Gasteiger partial charge in [-0.1, -0.05) is 63.6 Å². The predicted octanol–water partition coefficient (Wildman–Crippen LogP) is 3.65. The van der Waals surface area contributed by atoms with E-state index in [1.807, 2.05) is 6.92 Å². The molecule has 3 aliphatic carbocycles. The number of Topliss-reactive ketones (excluding diaryl/α,β-unsaturated/α-hetero) is 1. The number of amides is 4. The van der Waals surface area contributed by atoms with Crippen molar-refractivity contribution in [3.63, 3.8) is 0 Å². The minimum atomic E-state index is -3.90. The average molecular weight is 701 g/mol. The molecule has 12 nitrogen and oxygen atoms in total. The van der Waals surface area contributed by atoms with E-state index in [0.29, 0.717) is 6.54 Å². The number of carbonyl (C=O) groups is 5. The Bertz CT molecular complexity index is 1560. The molecular weight excluding hydrogens is 648 g/mol. The molecule has 1 aromatic carbocycles. The Morgan fingerprint density at radius 2 is 1.59 bits per heavy atom. The van der Waals surface area contributed by atoms with E-state index in [4.69, 9.17) is 4.74 Å². The molecular formula is C36H52N4O8S. The van der Waals surface area contributed by atoms with Crippen LogP contribution in [0, 0.1) is 36.0 Å². The average Bonchev–Trinajstić information content (AvgIpc) is 3.89. The number of likely N-dealkylation sites (tertiary alicyclic amines) is 1. The zero-order valence-electron chi connectivity index (χ0n) is 29.5. The molecule has 4 amide bonds. The molecule has 0 spiro atoms. The Kier molecular flexibility index (Phi) is 10.5. The molecule has 3 saturated carbocycles. The van der Waals surface area contributed by atoms with Crippen molar-refractivity contribution in [1.29, 1.82) is 0 Å². The highest BCUT2D eigenvalue weighted by atomic mass is 32.2. The first-order chi connectivity index (χ1) is 22.9. The van der Waals surface area contributed by atoms with Crippen LogP contribution < -0.4 is 16.0 Å². The van der Waals surface area contributed by atoms with Crippen LogP contribution in [0.4, 0.5) is 4.79 Å². The molecule has 0 bridgehead atoms. The standard InChI is InChI=1S/C36H52N4O8S/c1-21-12-16-24(17-13-21)49(46,47)20-37-32(43)30(41)26(18-22-14-15-22)38-31(42)29-27-25(36(27,5)6)19-40(29)33(44)28(23-10-8-7-9-11-23)39-34(45)48-35(2,3)4/h12-13,16-17,22-23,25-29H,7-11,14-15,18-20H2,1-6H3,(H,37,43)(H,38,42)(H,39,45)/t25-,26-,27-,28-,29-/m0/s1. The molecule has 0 radical (unpaired) electrons. The summed E-state index contributed by atoms with van der Waals surface area (Å²) in [6, 6.07) is 3.25. The van der Waals surface area contributed by atoms with Gasteiger partial charge in [-0.15, -0.1) is 0 Å². The van der Waals surface area contributed by atoms with E-state index in [1.165, 1.54) is 12.1 Å². The van der Waals surface area contributed by atoms with Crippen LogP contribution in [-0.2, 0) is 33.8 Å². The highest BCUT2D eigenvalue weighted by Crippen LogP contribution is 2.65. The summed E-state index contributed by atoms with van der Waals surface area (Å²) in [5.41, 5.74) is -0.0918. The molecule has 3 N–H and O–H groups in total. The second kappa shape index (κ2) is 14.0. The lowest BCUT2D eigenvalue weighted by Crippen LogP contribution is -2.60. The monoisotopic (exact) mass is 700 g/mol. The third kappa shape index (κ3) is 8.64. The number of ketones is 1. The van der Waals surface area contributed by atoms with Gasteiger partial charge in [0, 0.05) is 6.54 Å². The van der Waals surface area contributed by atoms with Gasteiger partial charge in [0.05, 0.1) is 10.9 Å². The second-order valence-corrected chi connectivity index (χ2v) is 18.1. The summed E-state index contributed by atoms with van der Waals surface area (Å²) < 4.78 is 31.1.